The zero-order chi connectivity index (χ0) is 13.3. The summed E-state index contributed by atoms with van der Waals surface area (Å²) in [6.07, 6.45) is 0.900. The molecule has 0 atom stereocenters. The second-order valence-electron chi connectivity index (χ2n) is 4.19. The Morgan fingerprint density at radius 2 is 1.32 bits per heavy atom. The number of rotatable bonds is 7. The number of ether oxygens (including phenoxy) is 2. The highest BCUT2D eigenvalue weighted by Crippen LogP contribution is 2.13. The summed E-state index contributed by atoms with van der Waals surface area (Å²) in [5.41, 5.74) is 6.74. The van der Waals surface area contributed by atoms with Gasteiger partial charge >= 0.3 is 0 Å². The molecule has 0 aliphatic carbocycles. The molecule has 0 saturated heterocycles. The molecule has 19 heavy (non-hydrogen) atoms. The lowest BCUT2D eigenvalue weighted by atomic mass is 10.1. The maximum Gasteiger partial charge on any atom is 0.122 e. The van der Waals surface area contributed by atoms with Crippen LogP contribution in [0.3, 0.4) is 0 Å². The highest BCUT2D eigenvalue weighted by molar-refractivity contribution is 5.27. The predicted molar refractivity (Wildman–Crippen MR) is 76.6 cm³/mol. The van der Waals surface area contributed by atoms with Crippen molar-refractivity contribution in [1.29, 1.82) is 0 Å². The lowest BCUT2D eigenvalue weighted by Gasteiger charge is -2.08. The van der Waals surface area contributed by atoms with E-state index in [0.29, 0.717) is 19.8 Å². The standard InChI is InChI=1S/C16H19NO2/c17-11-10-14-6-8-16(9-7-14)19-13-12-18-15-4-2-1-3-5-15/h1-9H,10-13,17H2. The number of para-hydroxylation sites is 1. The lowest BCUT2D eigenvalue weighted by molar-refractivity contribution is 0.217. The summed E-state index contributed by atoms with van der Waals surface area (Å²) in [6.45, 7) is 1.74. The molecule has 0 aliphatic heterocycles. The van der Waals surface area contributed by atoms with E-state index >= 15 is 0 Å². The molecule has 0 heterocycles. The van der Waals surface area contributed by atoms with Gasteiger partial charge in [0.15, 0.2) is 0 Å². The molecule has 0 bridgehead atoms. The number of benzene rings is 2. The average molecular weight is 257 g/mol. The molecule has 3 heteroatoms. The van der Waals surface area contributed by atoms with E-state index in [1.54, 1.807) is 0 Å². The first-order valence-electron chi connectivity index (χ1n) is 6.48. The molecule has 0 fully saturated rings. The van der Waals surface area contributed by atoms with E-state index in [9.17, 15) is 0 Å². The van der Waals surface area contributed by atoms with E-state index in [4.69, 9.17) is 15.2 Å². The van der Waals surface area contributed by atoms with Crippen molar-refractivity contribution in [3.05, 3.63) is 60.2 Å². The van der Waals surface area contributed by atoms with Crippen LogP contribution in [-0.4, -0.2) is 19.8 Å². The lowest BCUT2D eigenvalue weighted by Crippen LogP contribution is -2.09. The molecule has 2 N–H and O–H groups in total. The molecular weight excluding hydrogens is 238 g/mol. The van der Waals surface area contributed by atoms with Crippen LogP contribution in [0.25, 0.3) is 0 Å². The van der Waals surface area contributed by atoms with Gasteiger partial charge in [-0.1, -0.05) is 30.3 Å². The molecule has 100 valence electrons. The number of hydrogen-bond donors (Lipinski definition) is 1. The van der Waals surface area contributed by atoms with E-state index < -0.39 is 0 Å². The van der Waals surface area contributed by atoms with E-state index in [2.05, 4.69) is 0 Å². The first kappa shape index (κ1) is 13.4. The zero-order valence-corrected chi connectivity index (χ0v) is 10.9. The first-order valence-corrected chi connectivity index (χ1v) is 6.48. The molecule has 0 saturated carbocycles. The second-order valence-corrected chi connectivity index (χ2v) is 4.19. The molecule has 2 aromatic rings. The quantitative estimate of drug-likeness (QED) is 0.775. The Morgan fingerprint density at radius 3 is 1.89 bits per heavy atom. The monoisotopic (exact) mass is 257 g/mol. The Balaban J connectivity index is 1.70. The first-order chi connectivity index (χ1) is 9.38. The van der Waals surface area contributed by atoms with Crippen LogP contribution in [0.15, 0.2) is 54.6 Å². The summed E-state index contributed by atoms with van der Waals surface area (Å²) >= 11 is 0. The largest absolute Gasteiger partial charge is 0.490 e. The minimum absolute atomic E-state index is 0.533. The molecule has 0 unspecified atom stereocenters. The van der Waals surface area contributed by atoms with Crippen molar-refractivity contribution in [2.75, 3.05) is 19.8 Å². The van der Waals surface area contributed by atoms with Crippen molar-refractivity contribution in [3.8, 4) is 11.5 Å². The smallest absolute Gasteiger partial charge is 0.122 e. The van der Waals surface area contributed by atoms with Gasteiger partial charge in [-0.3, -0.25) is 0 Å². The molecule has 0 radical (unpaired) electrons. The fourth-order valence-electron chi connectivity index (χ4n) is 1.75. The topological polar surface area (TPSA) is 44.5 Å². The molecular formula is C16H19NO2. The molecule has 0 aliphatic rings. The van der Waals surface area contributed by atoms with E-state index in [1.165, 1.54) is 5.56 Å². The molecule has 0 aromatic heterocycles. The van der Waals surface area contributed by atoms with Crippen LogP contribution >= 0.6 is 0 Å². The summed E-state index contributed by atoms with van der Waals surface area (Å²) < 4.78 is 11.2. The van der Waals surface area contributed by atoms with Gasteiger partial charge in [-0.05, 0) is 42.8 Å². The van der Waals surface area contributed by atoms with Crippen molar-refractivity contribution in [1.82, 2.24) is 0 Å². The van der Waals surface area contributed by atoms with Gasteiger partial charge in [0, 0.05) is 0 Å². The Morgan fingerprint density at radius 1 is 0.737 bits per heavy atom. The van der Waals surface area contributed by atoms with Gasteiger partial charge < -0.3 is 15.2 Å². The zero-order valence-electron chi connectivity index (χ0n) is 10.9. The van der Waals surface area contributed by atoms with Crippen LogP contribution in [0, 0.1) is 0 Å². The van der Waals surface area contributed by atoms with Crippen LogP contribution in [0.1, 0.15) is 5.56 Å². The highest BCUT2D eigenvalue weighted by Gasteiger charge is 1.96. The van der Waals surface area contributed by atoms with Gasteiger partial charge in [0.2, 0.25) is 0 Å². The van der Waals surface area contributed by atoms with E-state index in [1.807, 2.05) is 54.6 Å². The van der Waals surface area contributed by atoms with Crippen molar-refractivity contribution >= 4 is 0 Å². The SMILES string of the molecule is NCCc1ccc(OCCOc2ccccc2)cc1. The van der Waals surface area contributed by atoms with E-state index in [-0.39, 0.29) is 0 Å². The number of hydrogen-bond acceptors (Lipinski definition) is 3. The highest BCUT2D eigenvalue weighted by atomic mass is 16.5. The predicted octanol–water partition coefficient (Wildman–Crippen LogP) is 2.65. The fourth-order valence-corrected chi connectivity index (χ4v) is 1.75. The van der Waals surface area contributed by atoms with Crippen LogP contribution in [0.2, 0.25) is 0 Å². The van der Waals surface area contributed by atoms with Gasteiger partial charge in [-0.25, -0.2) is 0 Å². The van der Waals surface area contributed by atoms with Crippen LogP contribution in [-0.2, 0) is 6.42 Å². The van der Waals surface area contributed by atoms with Crippen LogP contribution in [0.4, 0.5) is 0 Å². The van der Waals surface area contributed by atoms with Crippen LogP contribution < -0.4 is 15.2 Å². The minimum atomic E-state index is 0.533. The second kappa shape index (κ2) is 7.44. The number of nitrogens with two attached hydrogens (primary N) is 1. The third-order valence-corrected chi connectivity index (χ3v) is 2.72. The van der Waals surface area contributed by atoms with E-state index in [0.717, 1.165) is 17.9 Å². The fraction of sp³-hybridized carbons (Fsp3) is 0.250. The maximum absolute atomic E-state index is 5.60. The summed E-state index contributed by atoms with van der Waals surface area (Å²) in [5.74, 6) is 1.72. The van der Waals surface area contributed by atoms with Gasteiger partial charge in [-0.2, -0.15) is 0 Å². The molecule has 3 nitrogen and oxygen atoms in total. The van der Waals surface area contributed by atoms with Gasteiger partial charge in [-0.15, -0.1) is 0 Å². The Bertz CT molecular complexity index is 468. The Kier molecular flexibility index (Phi) is 5.26. The molecule has 2 rings (SSSR count). The van der Waals surface area contributed by atoms with Crippen molar-refractivity contribution in [3.63, 3.8) is 0 Å². The Labute approximate surface area is 114 Å². The van der Waals surface area contributed by atoms with Crippen molar-refractivity contribution in [2.45, 2.75) is 6.42 Å². The molecule has 2 aromatic carbocycles. The summed E-state index contributed by atoms with van der Waals surface area (Å²) in [4.78, 5) is 0. The van der Waals surface area contributed by atoms with Crippen molar-refractivity contribution < 1.29 is 9.47 Å². The van der Waals surface area contributed by atoms with Gasteiger partial charge in [0.05, 0.1) is 0 Å². The van der Waals surface area contributed by atoms with Crippen LogP contribution in [0.5, 0.6) is 11.5 Å². The third-order valence-electron chi connectivity index (χ3n) is 2.72. The maximum atomic E-state index is 5.60. The minimum Gasteiger partial charge on any atom is -0.490 e. The van der Waals surface area contributed by atoms with Gasteiger partial charge in [0.25, 0.3) is 0 Å². The Hall–Kier alpha value is -2.00. The summed E-state index contributed by atoms with van der Waals surface area (Å²) in [7, 11) is 0. The van der Waals surface area contributed by atoms with Gasteiger partial charge in [0.1, 0.15) is 24.7 Å². The normalized spacial score (nSPS) is 10.2. The summed E-state index contributed by atoms with van der Waals surface area (Å²) in [5, 5.41) is 0. The van der Waals surface area contributed by atoms with Crippen molar-refractivity contribution in [2.24, 2.45) is 5.73 Å². The average Bonchev–Trinajstić information content (AvgIpc) is 2.47. The third kappa shape index (κ3) is 4.64. The molecule has 0 amide bonds. The molecule has 0 spiro atoms. The summed E-state index contributed by atoms with van der Waals surface area (Å²) in [6, 6.07) is 17.7.